The Morgan fingerprint density at radius 2 is 2.00 bits per heavy atom. The number of phenols is 1. The first-order valence-electron chi connectivity index (χ1n) is 10.6. The van der Waals surface area contributed by atoms with E-state index in [1.54, 1.807) is 12.1 Å². The molecule has 0 saturated carbocycles. The summed E-state index contributed by atoms with van der Waals surface area (Å²) in [7, 11) is 1.53. The number of rotatable bonds is 5. The number of para-hydroxylation sites is 1. The SMILES string of the molecule is COc1cccc(CN2CCCC(C3NNCC3c3cccc(C(F)(F)F)c3)C2)c1O. The average molecular weight is 435 g/mol. The van der Waals surface area contributed by atoms with Crippen LogP contribution in [0.5, 0.6) is 11.5 Å². The first kappa shape index (κ1) is 21.9. The van der Waals surface area contributed by atoms with Crippen molar-refractivity contribution in [3.63, 3.8) is 0 Å². The minimum absolute atomic E-state index is 0.0301. The average Bonchev–Trinajstić information content (AvgIpc) is 3.25. The zero-order chi connectivity index (χ0) is 22.0. The van der Waals surface area contributed by atoms with E-state index in [0.29, 0.717) is 24.4 Å². The normalized spacial score (nSPS) is 25.0. The number of likely N-dealkylation sites (tertiary alicyclic amines) is 1. The van der Waals surface area contributed by atoms with Gasteiger partial charge in [-0.25, -0.2) is 0 Å². The summed E-state index contributed by atoms with van der Waals surface area (Å²) in [5.41, 5.74) is 7.40. The minimum atomic E-state index is -4.34. The summed E-state index contributed by atoms with van der Waals surface area (Å²) < 4.78 is 44.8. The predicted molar refractivity (Wildman–Crippen MR) is 112 cm³/mol. The van der Waals surface area contributed by atoms with Crippen molar-refractivity contribution in [1.29, 1.82) is 0 Å². The first-order valence-corrected chi connectivity index (χ1v) is 10.6. The monoisotopic (exact) mass is 435 g/mol. The molecule has 3 N–H and O–H groups in total. The maximum absolute atomic E-state index is 13.2. The highest BCUT2D eigenvalue weighted by Gasteiger charge is 2.38. The lowest BCUT2D eigenvalue weighted by Crippen LogP contribution is -2.46. The molecule has 2 aromatic carbocycles. The summed E-state index contributed by atoms with van der Waals surface area (Å²) in [5.74, 6) is 0.875. The van der Waals surface area contributed by atoms with E-state index in [4.69, 9.17) is 4.74 Å². The summed E-state index contributed by atoms with van der Waals surface area (Å²) in [5, 5.41) is 10.4. The van der Waals surface area contributed by atoms with Gasteiger partial charge in [0.1, 0.15) is 0 Å². The molecule has 2 fully saturated rings. The van der Waals surface area contributed by atoms with Gasteiger partial charge < -0.3 is 9.84 Å². The van der Waals surface area contributed by atoms with Crippen LogP contribution in [0.4, 0.5) is 13.2 Å². The van der Waals surface area contributed by atoms with Crippen molar-refractivity contribution in [2.24, 2.45) is 5.92 Å². The second-order valence-electron chi connectivity index (χ2n) is 8.39. The van der Waals surface area contributed by atoms with Gasteiger partial charge >= 0.3 is 6.18 Å². The lowest BCUT2D eigenvalue weighted by atomic mass is 9.80. The van der Waals surface area contributed by atoms with Gasteiger partial charge in [-0.2, -0.15) is 13.2 Å². The maximum atomic E-state index is 13.2. The van der Waals surface area contributed by atoms with E-state index in [1.807, 2.05) is 12.1 Å². The van der Waals surface area contributed by atoms with Gasteiger partial charge in [-0.05, 0) is 43.0 Å². The van der Waals surface area contributed by atoms with Crippen LogP contribution in [-0.2, 0) is 12.7 Å². The number of nitrogens with zero attached hydrogens (tertiary/aromatic N) is 1. The molecule has 2 heterocycles. The van der Waals surface area contributed by atoms with Crippen LogP contribution >= 0.6 is 0 Å². The highest BCUT2D eigenvalue weighted by atomic mass is 19.4. The van der Waals surface area contributed by atoms with Crippen LogP contribution in [-0.4, -0.2) is 42.8 Å². The van der Waals surface area contributed by atoms with Gasteiger partial charge in [0, 0.05) is 37.2 Å². The standard InChI is InChI=1S/C23H28F3N3O2/c1-31-20-9-3-6-17(22(20)30)14-29-10-4-7-16(13-29)21-19(12-27-28-21)15-5-2-8-18(11-15)23(24,25)26/h2-3,5-6,8-9,11,16,19,21,27-28,30H,4,7,10,12-14H2,1H3. The molecule has 2 saturated heterocycles. The molecule has 5 nitrogen and oxygen atoms in total. The Labute approximate surface area is 180 Å². The summed E-state index contributed by atoms with van der Waals surface area (Å²) in [4.78, 5) is 2.30. The van der Waals surface area contributed by atoms with Crippen molar-refractivity contribution in [1.82, 2.24) is 15.8 Å². The number of ether oxygens (including phenoxy) is 1. The number of alkyl halides is 3. The molecule has 0 aliphatic carbocycles. The fraction of sp³-hybridized carbons (Fsp3) is 0.478. The maximum Gasteiger partial charge on any atom is 0.416 e. The quantitative estimate of drug-likeness (QED) is 0.665. The van der Waals surface area contributed by atoms with Crippen molar-refractivity contribution in [2.75, 3.05) is 26.7 Å². The molecule has 3 unspecified atom stereocenters. The number of nitrogens with one attached hydrogen (secondary N) is 2. The summed E-state index contributed by atoms with van der Waals surface area (Å²) in [6.45, 7) is 2.93. The zero-order valence-electron chi connectivity index (χ0n) is 17.5. The van der Waals surface area contributed by atoms with E-state index in [2.05, 4.69) is 15.8 Å². The summed E-state index contributed by atoms with van der Waals surface area (Å²) in [6.07, 6.45) is -2.33. The molecule has 2 aliphatic heterocycles. The molecule has 0 spiro atoms. The van der Waals surface area contributed by atoms with Gasteiger partial charge in [0.2, 0.25) is 0 Å². The predicted octanol–water partition coefficient (Wildman–Crippen LogP) is 3.89. The highest BCUT2D eigenvalue weighted by molar-refractivity contribution is 5.45. The van der Waals surface area contributed by atoms with Crippen LogP contribution in [0.1, 0.15) is 35.4 Å². The molecule has 0 radical (unpaired) electrons. The Hall–Kier alpha value is -2.29. The Morgan fingerprint density at radius 3 is 2.77 bits per heavy atom. The van der Waals surface area contributed by atoms with E-state index >= 15 is 0 Å². The third kappa shape index (κ3) is 4.81. The van der Waals surface area contributed by atoms with Crippen LogP contribution in [0, 0.1) is 5.92 Å². The molecular weight excluding hydrogens is 407 g/mol. The Balaban J connectivity index is 1.48. The number of halogens is 3. The minimum Gasteiger partial charge on any atom is -0.504 e. The molecule has 3 atom stereocenters. The van der Waals surface area contributed by atoms with Crippen LogP contribution in [0.3, 0.4) is 0 Å². The number of hydrogen-bond donors (Lipinski definition) is 3. The van der Waals surface area contributed by atoms with Crippen LogP contribution in [0.15, 0.2) is 42.5 Å². The topological polar surface area (TPSA) is 56.8 Å². The molecule has 168 valence electrons. The first-order chi connectivity index (χ1) is 14.9. The molecule has 31 heavy (non-hydrogen) atoms. The smallest absolute Gasteiger partial charge is 0.416 e. The number of hydrazine groups is 1. The van der Waals surface area contributed by atoms with E-state index in [-0.39, 0.29) is 23.6 Å². The lowest BCUT2D eigenvalue weighted by Gasteiger charge is -2.37. The van der Waals surface area contributed by atoms with Crippen LogP contribution < -0.4 is 15.6 Å². The summed E-state index contributed by atoms with van der Waals surface area (Å²) in [6, 6.07) is 11.2. The fourth-order valence-electron chi connectivity index (χ4n) is 4.86. The van der Waals surface area contributed by atoms with Gasteiger partial charge in [-0.15, -0.1) is 0 Å². The van der Waals surface area contributed by atoms with E-state index in [1.165, 1.54) is 19.2 Å². The molecule has 2 aliphatic rings. The number of piperidine rings is 1. The largest absolute Gasteiger partial charge is 0.504 e. The Kier molecular flexibility index (Phi) is 6.41. The van der Waals surface area contributed by atoms with Crippen molar-refractivity contribution < 1.29 is 23.0 Å². The van der Waals surface area contributed by atoms with E-state index in [0.717, 1.165) is 37.6 Å². The van der Waals surface area contributed by atoms with Crippen molar-refractivity contribution in [3.8, 4) is 11.5 Å². The van der Waals surface area contributed by atoms with Crippen LogP contribution in [0.2, 0.25) is 0 Å². The van der Waals surface area contributed by atoms with Crippen LogP contribution in [0.25, 0.3) is 0 Å². The van der Waals surface area contributed by atoms with Crippen molar-refractivity contribution >= 4 is 0 Å². The third-order valence-electron chi connectivity index (χ3n) is 6.41. The number of aromatic hydroxyl groups is 1. The highest BCUT2D eigenvalue weighted by Crippen LogP contribution is 2.36. The molecule has 8 heteroatoms. The molecule has 0 amide bonds. The number of phenolic OH excluding ortho intramolecular Hbond substituents is 1. The number of hydrogen-bond acceptors (Lipinski definition) is 5. The molecule has 0 bridgehead atoms. The van der Waals surface area contributed by atoms with Gasteiger partial charge in [0.25, 0.3) is 0 Å². The second kappa shape index (κ2) is 9.06. The Morgan fingerprint density at radius 1 is 1.19 bits per heavy atom. The third-order valence-corrected chi connectivity index (χ3v) is 6.41. The second-order valence-corrected chi connectivity index (χ2v) is 8.39. The molecular formula is C23H28F3N3O2. The van der Waals surface area contributed by atoms with Gasteiger partial charge in [-0.3, -0.25) is 15.8 Å². The van der Waals surface area contributed by atoms with E-state index < -0.39 is 11.7 Å². The molecule has 2 aromatic rings. The van der Waals surface area contributed by atoms with Crippen molar-refractivity contribution in [3.05, 3.63) is 59.2 Å². The molecule has 0 aromatic heterocycles. The van der Waals surface area contributed by atoms with Gasteiger partial charge in [-0.1, -0.05) is 30.3 Å². The van der Waals surface area contributed by atoms with Gasteiger partial charge in [0.15, 0.2) is 11.5 Å². The summed E-state index contributed by atoms with van der Waals surface area (Å²) >= 11 is 0. The van der Waals surface area contributed by atoms with E-state index in [9.17, 15) is 18.3 Å². The van der Waals surface area contributed by atoms with Crippen molar-refractivity contribution in [2.45, 2.75) is 37.5 Å². The Bertz CT molecular complexity index is 906. The number of methoxy groups -OCH3 is 1. The zero-order valence-corrected chi connectivity index (χ0v) is 17.5. The number of benzene rings is 2. The van der Waals surface area contributed by atoms with Gasteiger partial charge in [0.05, 0.1) is 12.7 Å². The molecule has 4 rings (SSSR count). The fourth-order valence-corrected chi connectivity index (χ4v) is 4.86. The lowest BCUT2D eigenvalue weighted by molar-refractivity contribution is -0.137.